The van der Waals surface area contributed by atoms with Gasteiger partial charge in [0, 0.05) is 32.1 Å². The number of hydrogen-bond donors (Lipinski definition) is 1. The molecular formula is C17H21N3O3S. The summed E-state index contributed by atoms with van der Waals surface area (Å²) < 4.78 is 1.58. The Morgan fingerprint density at radius 2 is 2.00 bits per heavy atom. The molecule has 7 heteroatoms. The van der Waals surface area contributed by atoms with Crippen molar-refractivity contribution in [2.45, 2.75) is 38.1 Å². The molecule has 3 rings (SSSR count). The molecule has 0 spiro atoms. The maximum absolute atomic E-state index is 12.4. The third-order valence-corrected chi connectivity index (χ3v) is 5.51. The van der Waals surface area contributed by atoms with E-state index in [1.807, 2.05) is 31.4 Å². The molecule has 1 saturated heterocycles. The van der Waals surface area contributed by atoms with Gasteiger partial charge in [0.05, 0.1) is 10.6 Å². The number of thiophene rings is 1. The van der Waals surface area contributed by atoms with Crippen molar-refractivity contribution in [3.8, 4) is 0 Å². The molecule has 1 N–H and O–H groups in total. The summed E-state index contributed by atoms with van der Waals surface area (Å²) in [5.74, 6) is -0.658. The SMILES string of the molecule is CC(C)c1ccn(C2(C(=O)O)CCN(C(=O)c3cccs3)CC2)n1. The van der Waals surface area contributed by atoms with Gasteiger partial charge in [-0.25, -0.2) is 4.79 Å². The second-order valence-corrected chi connectivity index (χ2v) is 7.39. The first-order valence-electron chi connectivity index (χ1n) is 8.06. The van der Waals surface area contributed by atoms with E-state index in [0.29, 0.717) is 30.8 Å². The molecule has 24 heavy (non-hydrogen) atoms. The van der Waals surface area contributed by atoms with E-state index in [-0.39, 0.29) is 11.8 Å². The molecule has 0 aliphatic carbocycles. The molecule has 1 aliphatic rings. The first-order chi connectivity index (χ1) is 11.4. The van der Waals surface area contributed by atoms with E-state index in [2.05, 4.69) is 5.10 Å². The molecule has 1 aliphatic heterocycles. The summed E-state index contributed by atoms with van der Waals surface area (Å²) in [5.41, 5.74) is -0.188. The lowest BCUT2D eigenvalue weighted by molar-refractivity contribution is -0.150. The van der Waals surface area contributed by atoms with E-state index in [1.165, 1.54) is 11.3 Å². The second-order valence-electron chi connectivity index (χ2n) is 6.45. The highest BCUT2D eigenvalue weighted by Gasteiger charge is 2.45. The lowest BCUT2D eigenvalue weighted by Crippen LogP contribution is -2.52. The smallest absolute Gasteiger partial charge is 0.331 e. The number of hydrogen-bond acceptors (Lipinski definition) is 4. The number of carbonyl (C=O) groups excluding carboxylic acids is 1. The molecule has 0 aromatic carbocycles. The Kier molecular flexibility index (Phi) is 4.45. The fraction of sp³-hybridized carbons (Fsp3) is 0.471. The van der Waals surface area contributed by atoms with Gasteiger partial charge in [-0.1, -0.05) is 19.9 Å². The van der Waals surface area contributed by atoms with Crippen LogP contribution in [0.15, 0.2) is 29.8 Å². The molecule has 3 heterocycles. The summed E-state index contributed by atoms with van der Waals surface area (Å²) in [7, 11) is 0. The lowest BCUT2D eigenvalue weighted by Gasteiger charge is -2.38. The Balaban J connectivity index is 1.79. The van der Waals surface area contributed by atoms with Crippen LogP contribution in [0.2, 0.25) is 0 Å². The van der Waals surface area contributed by atoms with Crippen LogP contribution in [-0.2, 0) is 10.3 Å². The van der Waals surface area contributed by atoms with E-state index in [9.17, 15) is 14.7 Å². The highest BCUT2D eigenvalue weighted by Crippen LogP contribution is 2.32. The first-order valence-corrected chi connectivity index (χ1v) is 8.94. The minimum atomic E-state index is -1.07. The van der Waals surface area contributed by atoms with Crippen molar-refractivity contribution in [3.05, 3.63) is 40.3 Å². The van der Waals surface area contributed by atoms with Gasteiger partial charge >= 0.3 is 5.97 Å². The van der Waals surface area contributed by atoms with Crippen LogP contribution in [0.3, 0.4) is 0 Å². The summed E-state index contributed by atoms with van der Waals surface area (Å²) in [6, 6.07) is 5.52. The van der Waals surface area contributed by atoms with Crippen LogP contribution in [-0.4, -0.2) is 44.8 Å². The average molecular weight is 347 g/mol. The Bertz CT molecular complexity index is 728. The van der Waals surface area contributed by atoms with Crippen molar-refractivity contribution in [1.29, 1.82) is 0 Å². The molecule has 0 radical (unpaired) electrons. The number of likely N-dealkylation sites (tertiary alicyclic amines) is 1. The van der Waals surface area contributed by atoms with Gasteiger partial charge in [0.2, 0.25) is 0 Å². The van der Waals surface area contributed by atoms with Crippen LogP contribution in [0.4, 0.5) is 0 Å². The summed E-state index contributed by atoms with van der Waals surface area (Å²) in [6.07, 6.45) is 2.47. The average Bonchev–Trinajstić information content (AvgIpc) is 3.25. The topological polar surface area (TPSA) is 75.4 Å². The molecule has 0 saturated carbocycles. The maximum Gasteiger partial charge on any atom is 0.331 e. The zero-order chi connectivity index (χ0) is 17.3. The number of amides is 1. The molecule has 128 valence electrons. The highest BCUT2D eigenvalue weighted by atomic mass is 32.1. The van der Waals surface area contributed by atoms with Crippen LogP contribution in [0.5, 0.6) is 0 Å². The number of carboxylic acid groups (broad SMARTS) is 1. The van der Waals surface area contributed by atoms with Crippen molar-refractivity contribution in [2.24, 2.45) is 0 Å². The van der Waals surface area contributed by atoms with Gasteiger partial charge in [-0.3, -0.25) is 9.48 Å². The van der Waals surface area contributed by atoms with E-state index in [0.717, 1.165) is 5.69 Å². The van der Waals surface area contributed by atoms with Gasteiger partial charge in [0.15, 0.2) is 5.54 Å². The monoisotopic (exact) mass is 347 g/mol. The highest BCUT2D eigenvalue weighted by molar-refractivity contribution is 7.12. The van der Waals surface area contributed by atoms with Gasteiger partial charge in [-0.15, -0.1) is 11.3 Å². The minimum absolute atomic E-state index is 0.0210. The first kappa shape index (κ1) is 16.7. The Morgan fingerprint density at radius 1 is 1.29 bits per heavy atom. The fourth-order valence-electron chi connectivity index (χ4n) is 3.06. The summed E-state index contributed by atoms with van der Waals surface area (Å²) in [6.45, 7) is 4.89. The Hall–Kier alpha value is -2.15. The number of rotatable bonds is 4. The summed E-state index contributed by atoms with van der Waals surface area (Å²) in [5, 5.41) is 16.2. The molecule has 2 aromatic rings. The van der Waals surface area contributed by atoms with Crippen molar-refractivity contribution in [1.82, 2.24) is 14.7 Å². The summed E-state index contributed by atoms with van der Waals surface area (Å²) >= 11 is 1.41. The van der Waals surface area contributed by atoms with E-state index < -0.39 is 11.5 Å². The van der Waals surface area contributed by atoms with Gasteiger partial charge in [-0.05, 0) is 23.4 Å². The zero-order valence-electron chi connectivity index (χ0n) is 13.8. The fourth-order valence-corrected chi connectivity index (χ4v) is 3.75. The lowest BCUT2D eigenvalue weighted by atomic mass is 9.87. The molecule has 1 amide bonds. The Labute approximate surface area is 144 Å². The summed E-state index contributed by atoms with van der Waals surface area (Å²) in [4.78, 5) is 26.9. The molecule has 0 bridgehead atoms. The van der Waals surface area contributed by atoms with Gasteiger partial charge in [0.1, 0.15) is 0 Å². The normalized spacial score (nSPS) is 17.2. The van der Waals surface area contributed by atoms with Gasteiger partial charge < -0.3 is 10.0 Å². The van der Waals surface area contributed by atoms with Crippen molar-refractivity contribution < 1.29 is 14.7 Å². The van der Waals surface area contributed by atoms with Crippen LogP contribution >= 0.6 is 11.3 Å². The van der Waals surface area contributed by atoms with Crippen molar-refractivity contribution in [3.63, 3.8) is 0 Å². The molecule has 0 unspecified atom stereocenters. The number of carboxylic acids is 1. The quantitative estimate of drug-likeness (QED) is 0.923. The van der Waals surface area contributed by atoms with Gasteiger partial charge in [0.25, 0.3) is 5.91 Å². The minimum Gasteiger partial charge on any atom is -0.479 e. The molecule has 0 atom stereocenters. The van der Waals surface area contributed by atoms with Crippen LogP contribution in [0.25, 0.3) is 0 Å². The van der Waals surface area contributed by atoms with Crippen LogP contribution in [0.1, 0.15) is 48.0 Å². The van der Waals surface area contributed by atoms with E-state index >= 15 is 0 Å². The third kappa shape index (κ3) is 2.84. The third-order valence-electron chi connectivity index (χ3n) is 4.65. The predicted octanol–water partition coefficient (Wildman–Crippen LogP) is 2.78. The molecule has 1 fully saturated rings. The number of aromatic nitrogens is 2. The number of piperidine rings is 1. The second kappa shape index (κ2) is 6.39. The number of nitrogens with zero attached hydrogens (tertiary/aromatic N) is 3. The largest absolute Gasteiger partial charge is 0.479 e. The Morgan fingerprint density at radius 3 is 2.50 bits per heavy atom. The van der Waals surface area contributed by atoms with Crippen LogP contribution < -0.4 is 0 Å². The van der Waals surface area contributed by atoms with Crippen molar-refractivity contribution >= 4 is 23.2 Å². The van der Waals surface area contributed by atoms with Gasteiger partial charge in [-0.2, -0.15) is 5.10 Å². The maximum atomic E-state index is 12.4. The van der Waals surface area contributed by atoms with Crippen molar-refractivity contribution in [2.75, 3.05) is 13.1 Å². The molecule has 2 aromatic heterocycles. The number of carbonyl (C=O) groups is 2. The van der Waals surface area contributed by atoms with E-state index in [4.69, 9.17) is 0 Å². The molecule has 6 nitrogen and oxygen atoms in total. The predicted molar refractivity (Wildman–Crippen MR) is 91.4 cm³/mol. The van der Waals surface area contributed by atoms with Crippen LogP contribution in [0, 0.1) is 0 Å². The zero-order valence-corrected chi connectivity index (χ0v) is 14.6. The van der Waals surface area contributed by atoms with E-state index in [1.54, 1.807) is 21.8 Å². The standard InChI is InChI=1S/C17H21N3O3S/c1-12(2)13-5-8-20(18-13)17(16(22)23)6-9-19(10-7-17)15(21)14-4-3-11-24-14/h3-5,8,11-12H,6-7,9-10H2,1-2H3,(H,22,23). The molecular weight excluding hydrogens is 326 g/mol. The number of aliphatic carboxylic acids is 1.